The molecular formula is C19H14AlN2O2. The lowest BCUT2D eigenvalue weighted by atomic mass is 10.2. The third kappa shape index (κ3) is 3.41. The van der Waals surface area contributed by atoms with Crippen molar-refractivity contribution in [1.29, 1.82) is 0 Å². The van der Waals surface area contributed by atoms with Crippen LogP contribution in [0.3, 0.4) is 0 Å². The Kier molecular flexibility index (Phi) is 5.13. The fourth-order valence-electron chi connectivity index (χ4n) is 2.28. The van der Waals surface area contributed by atoms with Crippen LogP contribution in [0.5, 0.6) is 5.75 Å². The topological polar surface area (TPSA) is 44.2 Å². The van der Waals surface area contributed by atoms with Gasteiger partial charge in [-0.2, -0.15) is 0 Å². The Hall–Kier alpha value is -2.79. The predicted molar refractivity (Wildman–Crippen MR) is 95.0 cm³/mol. The van der Waals surface area contributed by atoms with E-state index in [0.29, 0.717) is 22.8 Å². The number of terminal acetylenes is 1. The van der Waals surface area contributed by atoms with Gasteiger partial charge in [-0.1, -0.05) is 24.1 Å². The number of hydrogen-bond acceptors (Lipinski definition) is 4. The van der Waals surface area contributed by atoms with E-state index in [-0.39, 0.29) is 0 Å². The summed E-state index contributed by atoms with van der Waals surface area (Å²) in [5, 5.41) is 1.03. The van der Waals surface area contributed by atoms with E-state index in [0.717, 1.165) is 10.9 Å². The monoisotopic (exact) mass is 329 g/mol. The fourth-order valence-corrected chi connectivity index (χ4v) is 2.97. The van der Waals surface area contributed by atoms with Crippen LogP contribution in [0.4, 0.5) is 0 Å². The zero-order chi connectivity index (χ0) is 16.8. The summed E-state index contributed by atoms with van der Waals surface area (Å²) >= 11 is -0.776. The molecule has 0 bridgehead atoms. The third-order valence-electron chi connectivity index (χ3n) is 3.40. The van der Waals surface area contributed by atoms with E-state index >= 15 is 0 Å². The molecule has 1 radical (unpaired) electrons. The van der Waals surface area contributed by atoms with E-state index in [9.17, 15) is 0 Å². The fraction of sp³-hybridized carbons (Fsp3) is 0.0526. The minimum Gasteiger partial charge on any atom is -0.614 e. The van der Waals surface area contributed by atoms with Gasteiger partial charge in [0.05, 0.1) is 5.56 Å². The molecule has 3 aromatic rings. The molecule has 0 atom stereocenters. The van der Waals surface area contributed by atoms with Gasteiger partial charge in [0.15, 0.2) is 0 Å². The highest BCUT2D eigenvalue weighted by atomic mass is 27.2. The first kappa shape index (κ1) is 16.1. The molecule has 0 amide bonds. The molecule has 2 aromatic heterocycles. The van der Waals surface area contributed by atoms with Crippen LogP contribution in [-0.4, -0.2) is 25.9 Å². The van der Waals surface area contributed by atoms with Crippen molar-refractivity contribution in [1.82, 2.24) is 9.97 Å². The van der Waals surface area contributed by atoms with Crippen LogP contribution >= 0.6 is 0 Å². The summed E-state index contributed by atoms with van der Waals surface area (Å²) in [6.07, 6.45) is 10.8. The molecule has 0 aliphatic carbocycles. The van der Waals surface area contributed by atoms with Crippen molar-refractivity contribution in [3.05, 3.63) is 72.2 Å². The third-order valence-corrected chi connectivity index (χ3v) is 4.10. The van der Waals surface area contributed by atoms with Crippen molar-refractivity contribution in [3.8, 4) is 18.1 Å². The van der Waals surface area contributed by atoms with Crippen LogP contribution in [0.1, 0.15) is 18.2 Å². The largest absolute Gasteiger partial charge is 0.882 e. The Labute approximate surface area is 147 Å². The van der Waals surface area contributed by atoms with Crippen LogP contribution in [0, 0.1) is 12.3 Å². The summed E-state index contributed by atoms with van der Waals surface area (Å²) in [4.78, 5) is 8.67. The van der Waals surface area contributed by atoms with Gasteiger partial charge < -0.3 is 7.58 Å². The minimum atomic E-state index is -0.776. The lowest BCUT2D eigenvalue weighted by Gasteiger charge is -2.13. The highest BCUT2D eigenvalue weighted by Gasteiger charge is 2.14. The second-order valence-corrected chi connectivity index (χ2v) is 5.52. The van der Waals surface area contributed by atoms with Crippen LogP contribution in [0.15, 0.2) is 60.9 Å². The predicted octanol–water partition coefficient (Wildman–Crippen LogP) is 3.60. The van der Waals surface area contributed by atoms with Crippen molar-refractivity contribution >= 4 is 32.5 Å². The molecular weight excluding hydrogens is 315 g/mol. The van der Waals surface area contributed by atoms with Gasteiger partial charge in [-0.25, -0.2) is 0 Å². The van der Waals surface area contributed by atoms with Gasteiger partial charge in [0.1, 0.15) is 22.7 Å². The van der Waals surface area contributed by atoms with Gasteiger partial charge in [0.25, 0.3) is 0 Å². The number of pyridine rings is 2. The second kappa shape index (κ2) is 7.66. The maximum atomic E-state index is 5.82. The molecule has 0 fully saturated rings. The quantitative estimate of drug-likeness (QED) is 0.407. The molecule has 115 valence electrons. The van der Waals surface area contributed by atoms with E-state index in [1.807, 2.05) is 49.4 Å². The summed E-state index contributed by atoms with van der Waals surface area (Å²) in [7, 11) is 0. The Morgan fingerprint density at radius 2 is 1.92 bits per heavy atom. The van der Waals surface area contributed by atoms with Gasteiger partial charge in [0.2, 0.25) is 0 Å². The van der Waals surface area contributed by atoms with Gasteiger partial charge >= 0.3 is 15.9 Å². The number of nitrogens with zero attached hydrogens (tertiary/aromatic N) is 2. The van der Waals surface area contributed by atoms with Crippen molar-refractivity contribution in [2.45, 2.75) is 6.92 Å². The molecule has 5 heteroatoms. The lowest BCUT2D eigenvalue weighted by Crippen LogP contribution is -2.09. The smallest absolute Gasteiger partial charge is 0.614 e. The average molecular weight is 329 g/mol. The number of fused-ring (bicyclic) bond motifs is 1. The number of para-hydroxylation sites is 1. The Bertz CT molecular complexity index is 927. The highest BCUT2D eigenvalue weighted by molar-refractivity contribution is 6.22. The van der Waals surface area contributed by atoms with Crippen LogP contribution in [-0.2, 0) is 3.79 Å². The highest BCUT2D eigenvalue weighted by Crippen LogP contribution is 2.23. The molecule has 2 heterocycles. The van der Waals surface area contributed by atoms with Gasteiger partial charge in [-0.3, -0.25) is 9.97 Å². The number of rotatable bonds is 5. The molecule has 0 aliphatic rings. The normalized spacial score (nSPS) is 10.9. The molecule has 0 unspecified atom stereocenters. The standard InChI is InChI=1S/C10H9NO.C9H7NO.Al/c1-3-8-6-5-7-11-10(8)9(12)4-2;11-8-5-1-3-7-4-2-6-10-9(7)8;/h1,4-7,12H,2H3;1-6,11H;/q;;+2/p-2/b9-4+;;. The second-order valence-electron chi connectivity index (χ2n) is 4.86. The summed E-state index contributed by atoms with van der Waals surface area (Å²) in [6, 6.07) is 13.3. The zero-order valence-electron chi connectivity index (χ0n) is 13.1. The van der Waals surface area contributed by atoms with Gasteiger partial charge in [-0.05, 0) is 37.3 Å². The Balaban J connectivity index is 1.74. The summed E-state index contributed by atoms with van der Waals surface area (Å²) in [6.45, 7) is 1.88. The summed E-state index contributed by atoms with van der Waals surface area (Å²) in [5.41, 5.74) is 2.16. The van der Waals surface area contributed by atoms with Crippen molar-refractivity contribution < 1.29 is 7.58 Å². The average Bonchev–Trinajstić information content (AvgIpc) is 2.65. The first-order valence-electron chi connectivity index (χ1n) is 7.40. The lowest BCUT2D eigenvalue weighted by molar-refractivity contribution is 0.433. The van der Waals surface area contributed by atoms with E-state index in [2.05, 4.69) is 15.9 Å². The Morgan fingerprint density at radius 1 is 1.12 bits per heavy atom. The number of benzene rings is 1. The first-order chi connectivity index (χ1) is 11.8. The molecule has 0 saturated heterocycles. The molecule has 24 heavy (non-hydrogen) atoms. The maximum Gasteiger partial charge on any atom is 0.882 e. The number of allylic oxidation sites excluding steroid dienone is 1. The Morgan fingerprint density at radius 3 is 2.75 bits per heavy atom. The molecule has 0 saturated carbocycles. The van der Waals surface area contributed by atoms with Crippen LogP contribution in [0.25, 0.3) is 16.7 Å². The van der Waals surface area contributed by atoms with Crippen molar-refractivity contribution in [3.63, 3.8) is 0 Å². The van der Waals surface area contributed by atoms with Crippen molar-refractivity contribution in [2.24, 2.45) is 0 Å². The maximum absolute atomic E-state index is 5.82. The number of hydrogen-bond donors (Lipinski definition) is 0. The molecule has 1 aromatic carbocycles. The number of aromatic nitrogens is 2. The van der Waals surface area contributed by atoms with Crippen molar-refractivity contribution in [2.75, 3.05) is 0 Å². The van der Waals surface area contributed by atoms with Gasteiger partial charge in [0, 0.05) is 17.8 Å². The summed E-state index contributed by atoms with van der Waals surface area (Å²) in [5.74, 6) is 3.94. The molecule has 4 nitrogen and oxygen atoms in total. The molecule has 0 spiro atoms. The van der Waals surface area contributed by atoms with Crippen LogP contribution < -0.4 is 3.79 Å². The van der Waals surface area contributed by atoms with E-state index < -0.39 is 15.9 Å². The van der Waals surface area contributed by atoms with E-state index in [4.69, 9.17) is 14.0 Å². The van der Waals surface area contributed by atoms with Gasteiger partial charge in [-0.15, -0.1) is 6.42 Å². The SMILES string of the molecule is C#Cc1cccnc1/C(=C\C)[O][Al][O]c1cccc2cccnc12. The van der Waals surface area contributed by atoms with E-state index in [1.165, 1.54) is 0 Å². The summed E-state index contributed by atoms with van der Waals surface area (Å²) < 4.78 is 11.6. The van der Waals surface area contributed by atoms with E-state index in [1.54, 1.807) is 18.5 Å². The minimum absolute atomic E-state index is 0.617. The zero-order valence-corrected chi connectivity index (χ0v) is 14.3. The molecule has 3 rings (SSSR count). The molecule has 0 aliphatic heterocycles. The molecule has 0 N–H and O–H groups in total. The first-order valence-corrected chi connectivity index (χ1v) is 8.35. The van der Waals surface area contributed by atoms with Crippen LogP contribution in [0.2, 0.25) is 0 Å².